The Kier molecular flexibility index (Phi) is 7.62. The number of aromatic nitrogens is 3. The van der Waals surface area contributed by atoms with Crippen LogP contribution in [-0.2, 0) is 22.3 Å². The maximum atomic E-state index is 13.9. The van der Waals surface area contributed by atoms with Crippen molar-refractivity contribution in [2.75, 3.05) is 18.0 Å². The number of nitrogens with zero attached hydrogens (tertiary/aromatic N) is 6. The Balaban J connectivity index is 1.22. The Morgan fingerprint density at radius 3 is 2.49 bits per heavy atom. The maximum Gasteiger partial charge on any atom is 0.419 e. The smallest absolute Gasteiger partial charge is 0.419 e. The molecule has 1 aromatic carbocycles. The third-order valence-electron chi connectivity index (χ3n) is 9.06. The first-order valence-electron chi connectivity index (χ1n) is 15.0. The van der Waals surface area contributed by atoms with Crippen LogP contribution in [0.1, 0.15) is 75.6 Å². The summed E-state index contributed by atoms with van der Waals surface area (Å²) in [6, 6.07) is 8.02. The molecule has 2 aromatic heterocycles. The fourth-order valence-electron chi connectivity index (χ4n) is 6.72. The molecule has 3 fully saturated rings. The van der Waals surface area contributed by atoms with Gasteiger partial charge in [-0.2, -0.15) is 23.5 Å². The molecule has 0 N–H and O–H groups in total. The standard InChI is InChI=1S/C32H33F3N6O3S/c1-30(2,3)44-29(43)39-11-7-19(8-12-39)17-40-18-21-13-20(5-6-24(21)38-40)26-27(45)41(28(42)31(26)9-4-10-31)22-14-23(32(33,34)35)25(15-36)37-16-22/h5-6,13-14,16,18-19,26H,4,7-12,17H2,1-3H3. The van der Waals surface area contributed by atoms with Crippen molar-refractivity contribution in [3.05, 3.63) is 53.5 Å². The van der Waals surface area contributed by atoms with Gasteiger partial charge in [0.1, 0.15) is 11.7 Å². The maximum absolute atomic E-state index is 13.9. The first-order chi connectivity index (χ1) is 21.2. The molecule has 9 nitrogen and oxygen atoms in total. The van der Waals surface area contributed by atoms with Crippen LogP contribution >= 0.6 is 12.2 Å². The number of carbonyl (C=O) groups is 2. The highest BCUT2D eigenvalue weighted by molar-refractivity contribution is 7.80. The third-order valence-corrected chi connectivity index (χ3v) is 9.48. The summed E-state index contributed by atoms with van der Waals surface area (Å²) < 4.78 is 48.5. The van der Waals surface area contributed by atoms with Gasteiger partial charge >= 0.3 is 12.3 Å². The first kappa shape index (κ1) is 31.0. The number of hydrogen-bond donors (Lipinski definition) is 0. The normalized spacial score (nSPS) is 20.5. The van der Waals surface area contributed by atoms with E-state index >= 15 is 0 Å². The van der Waals surface area contributed by atoms with Crippen molar-refractivity contribution in [1.29, 1.82) is 5.26 Å². The molecule has 13 heteroatoms. The summed E-state index contributed by atoms with van der Waals surface area (Å²) in [5.41, 5.74) is -1.82. The number of benzene rings is 1. The summed E-state index contributed by atoms with van der Waals surface area (Å²) >= 11 is 5.82. The predicted octanol–water partition coefficient (Wildman–Crippen LogP) is 6.60. The predicted molar refractivity (Wildman–Crippen MR) is 163 cm³/mol. The number of ether oxygens (including phenoxy) is 1. The van der Waals surface area contributed by atoms with Gasteiger partial charge in [-0.25, -0.2) is 9.78 Å². The zero-order valence-corrected chi connectivity index (χ0v) is 26.0. The number of carbonyl (C=O) groups excluding carboxylic acids is 2. The van der Waals surface area contributed by atoms with Gasteiger partial charge in [0, 0.05) is 37.1 Å². The van der Waals surface area contributed by atoms with E-state index in [0.29, 0.717) is 38.4 Å². The minimum atomic E-state index is -4.81. The summed E-state index contributed by atoms with van der Waals surface area (Å²) in [4.78, 5) is 33.1. The molecule has 1 saturated carbocycles. The second-order valence-electron chi connectivity index (χ2n) is 13.2. The van der Waals surface area contributed by atoms with Crippen LogP contribution in [0.5, 0.6) is 0 Å². The molecule has 1 spiro atoms. The number of amides is 2. The van der Waals surface area contributed by atoms with Gasteiger partial charge in [0.05, 0.1) is 33.4 Å². The lowest BCUT2D eigenvalue weighted by molar-refractivity contribution is -0.138. The highest BCUT2D eigenvalue weighted by Gasteiger charge is 2.61. The van der Waals surface area contributed by atoms with Gasteiger partial charge in [-0.15, -0.1) is 0 Å². The van der Waals surface area contributed by atoms with E-state index in [1.165, 1.54) is 11.0 Å². The molecule has 3 aromatic rings. The number of rotatable bonds is 4. The van der Waals surface area contributed by atoms with Crippen molar-refractivity contribution >= 4 is 45.8 Å². The van der Waals surface area contributed by atoms with E-state index in [-0.39, 0.29) is 22.7 Å². The average Bonchev–Trinajstić information content (AvgIpc) is 3.45. The average molecular weight is 639 g/mol. The molecular weight excluding hydrogens is 605 g/mol. The summed E-state index contributed by atoms with van der Waals surface area (Å²) in [5, 5.41) is 14.8. The molecular formula is C32H33F3N6O3S. The van der Waals surface area contributed by atoms with E-state index < -0.39 is 34.4 Å². The summed E-state index contributed by atoms with van der Waals surface area (Å²) in [6.45, 7) is 7.49. The Morgan fingerprint density at radius 1 is 1.18 bits per heavy atom. The van der Waals surface area contributed by atoms with Crippen molar-refractivity contribution in [3.63, 3.8) is 0 Å². The van der Waals surface area contributed by atoms with Crippen LogP contribution in [-0.4, -0.2) is 55.3 Å². The summed E-state index contributed by atoms with van der Waals surface area (Å²) in [7, 11) is 0. The summed E-state index contributed by atoms with van der Waals surface area (Å²) in [5.74, 6) is -0.493. The molecule has 45 heavy (non-hydrogen) atoms. The summed E-state index contributed by atoms with van der Waals surface area (Å²) in [6.07, 6.45) is 1.58. The van der Waals surface area contributed by atoms with Crippen molar-refractivity contribution in [1.82, 2.24) is 19.7 Å². The van der Waals surface area contributed by atoms with Crippen LogP contribution in [0.3, 0.4) is 0 Å². The molecule has 2 amide bonds. The number of alkyl halides is 3. The van der Waals surface area contributed by atoms with Crippen LogP contribution in [0.2, 0.25) is 0 Å². The molecule has 6 rings (SSSR count). The lowest BCUT2D eigenvalue weighted by Crippen LogP contribution is -2.42. The molecule has 2 aliphatic heterocycles. The van der Waals surface area contributed by atoms with E-state index in [9.17, 15) is 22.8 Å². The highest BCUT2D eigenvalue weighted by Crippen LogP contribution is 2.58. The fourth-order valence-corrected chi connectivity index (χ4v) is 7.27. The van der Waals surface area contributed by atoms with E-state index in [2.05, 4.69) is 4.98 Å². The molecule has 236 valence electrons. The second kappa shape index (κ2) is 11.1. The van der Waals surface area contributed by atoms with Crippen molar-refractivity contribution < 1.29 is 27.5 Å². The topological polar surface area (TPSA) is 104 Å². The molecule has 1 unspecified atom stereocenters. The van der Waals surface area contributed by atoms with Gasteiger partial charge in [0.25, 0.3) is 0 Å². The molecule has 0 radical (unpaired) electrons. The highest BCUT2D eigenvalue weighted by atomic mass is 32.1. The number of hydrogen-bond acceptors (Lipinski definition) is 7. The van der Waals surface area contributed by atoms with Gasteiger partial charge < -0.3 is 9.64 Å². The minimum Gasteiger partial charge on any atom is -0.444 e. The number of fused-ring (bicyclic) bond motifs is 1. The van der Waals surface area contributed by atoms with Gasteiger partial charge in [-0.1, -0.05) is 24.7 Å². The van der Waals surface area contributed by atoms with Crippen LogP contribution < -0.4 is 4.90 Å². The van der Waals surface area contributed by atoms with Gasteiger partial charge in [0.2, 0.25) is 5.91 Å². The molecule has 4 heterocycles. The first-order valence-corrected chi connectivity index (χ1v) is 15.4. The SMILES string of the molecule is CC(C)(C)OC(=O)N1CCC(Cn2cc3cc(C4C(=S)N(c5cnc(C#N)c(C(F)(F)F)c5)C(=O)C45CCC5)ccc3n2)CC1. The third kappa shape index (κ3) is 5.65. The van der Waals surface area contributed by atoms with Gasteiger partial charge in [-0.05, 0) is 76.1 Å². The Morgan fingerprint density at radius 2 is 1.89 bits per heavy atom. The van der Waals surface area contributed by atoms with Crippen molar-refractivity contribution in [2.45, 2.75) is 77.1 Å². The molecule has 3 aliphatic rings. The zero-order chi connectivity index (χ0) is 32.3. The quantitative estimate of drug-likeness (QED) is 0.297. The van der Waals surface area contributed by atoms with E-state index in [4.69, 9.17) is 27.3 Å². The van der Waals surface area contributed by atoms with Crippen molar-refractivity contribution in [3.8, 4) is 6.07 Å². The number of halogens is 3. The van der Waals surface area contributed by atoms with Gasteiger partial charge in [0.15, 0.2) is 5.69 Å². The van der Waals surface area contributed by atoms with Crippen molar-refractivity contribution in [2.24, 2.45) is 11.3 Å². The molecule has 0 bridgehead atoms. The van der Waals surface area contributed by atoms with E-state index in [1.807, 2.05) is 49.8 Å². The van der Waals surface area contributed by atoms with Crippen LogP contribution in [0.25, 0.3) is 10.9 Å². The van der Waals surface area contributed by atoms with Crippen LogP contribution in [0.4, 0.5) is 23.7 Å². The molecule has 2 saturated heterocycles. The molecule has 1 aliphatic carbocycles. The Bertz CT molecular complexity index is 1730. The lowest BCUT2D eigenvalue weighted by Gasteiger charge is -2.40. The number of likely N-dealkylation sites (tertiary alicyclic amines) is 1. The Hall–Kier alpha value is -4.05. The zero-order valence-electron chi connectivity index (χ0n) is 25.2. The van der Waals surface area contributed by atoms with Crippen LogP contribution in [0.15, 0.2) is 36.7 Å². The lowest BCUT2D eigenvalue weighted by atomic mass is 9.60. The molecule has 1 atom stereocenters. The largest absolute Gasteiger partial charge is 0.444 e. The van der Waals surface area contributed by atoms with E-state index in [0.717, 1.165) is 48.0 Å². The monoisotopic (exact) mass is 638 g/mol. The number of nitriles is 1. The second-order valence-corrected chi connectivity index (χ2v) is 13.6. The minimum absolute atomic E-state index is 0.0864. The fraction of sp³-hybridized carbons (Fsp3) is 0.500. The van der Waals surface area contributed by atoms with Gasteiger partial charge in [-0.3, -0.25) is 14.4 Å². The van der Waals surface area contributed by atoms with E-state index in [1.54, 1.807) is 4.90 Å². The number of thiocarbonyl (C=S) groups is 1. The number of anilines is 1. The number of pyridine rings is 1. The Labute approximate surface area is 263 Å². The number of piperidine rings is 1. The van der Waals surface area contributed by atoms with Crippen LogP contribution in [0, 0.1) is 22.7 Å².